The fourth-order valence-corrected chi connectivity index (χ4v) is 3.24. The minimum absolute atomic E-state index is 0. The summed E-state index contributed by atoms with van der Waals surface area (Å²) in [5.74, 6) is -5.80. The number of carbonyl (C=O) groups is 3. The minimum Gasteiger partial charge on any atom is -0.549 e. The number of carbonyl (C=O) groups excluding carboxylic acids is 3. The molecule has 0 aromatic rings. The smallest absolute Gasteiger partial charge is 0.125 e. The first-order chi connectivity index (χ1) is 9.57. The summed E-state index contributed by atoms with van der Waals surface area (Å²) in [6, 6.07) is 0. The van der Waals surface area contributed by atoms with Crippen molar-refractivity contribution >= 4 is 17.9 Å². The quantitative estimate of drug-likeness (QED) is 0.388. The first-order valence-electron chi connectivity index (χ1n) is 6.94. The highest BCUT2D eigenvalue weighted by Crippen LogP contribution is 2.51. The predicted molar refractivity (Wildman–Crippen MR) is 84.0 cm³/mol. The fourth-order valence-electron chi connectivity index (χ4n) is 3.24. The average Bonchev–Trinajstić information content (AvgIpc) is 2.41. The number of aliphatic hydroxyl groups is 1. The van der Waals surface area contributed by atoms with Gasteiger partial charge in [0, 0.05) is 10.8 Å². The molecule has 13 N–H and O–H groups in total. The number of carboxylic acid groups (broad SMARTS) is 3. The summed E-state index contributed by atoms with van der Waals surface area (Å²) >= 11 is 0. The van der Waals surface area contributed by atoms with Gasteiger partial charge in [-0.15, -0.1) is 0 Å². The van der Waals surface area contributed by atoms with Crippen molar-refractivity contribution in [3.8, 4) is 0 Å². The third kappa shape index (κ3) is 3.51. The van der Waals surface area contributed by atoms with Gasteiger partial charge in [0.05, 0.1) is 17.9 Å². The Labute approximate surface area is 142 Å². The van der Waals surface area contributed by atoms with Crippen LogP contribution in [-0.2, 0) is 14.4 Å². The van der Waals surface area contributed by atoms with Crippen molar-refractivity contribution in [2.75, 3.05) is 0 Å². The molecule has 0 aromatic carbocycles. The molecule has 0 radical (unpaired) electrons. The van der Waals surface area contributed by atoms with Crippen LogP contribution in [0.15, 0.2) is 0 Å². The lowest BCUT2D eigenvalue weighted by Crippen LogP contribution is -2.75. The summed E-state index contributed by atoms with van der Waals surface area (Å²) in [7, 11) is 0. The number of hydrogen-bond donors (Lipinski definition) is 4. The zero-order valence-electron chi connectivity index (χ0n) is 15.7. The Bertz CT molecular complexity index is 402. The predicted octanol–water partition coefficient (Wildman–Crippen LogP) is -1.29. The molecule has 0 aliphatic rings. The van der Waals surface area contributed by atoms with Gasteiger partial charge in [-0.25, -0.2) is 0 Å². The van der Waals surface area contributed by atoms with Gasteiger partial charge in [0.25, 0.3) is 0 Å². The molecule has 0 heterocycles. The van der Waals surface area contributed by atoms with Crippen LogP contribution >= 0.6 is 0 Å². The topological polar surface area (TPSA) is 250 Å². The second-order valence-electron chi connectivity index (χ2n) is 5.15. The monoisotopic (exact) mass is 355 g/mol. The summed E-state index contributed by atoms with van der Waals surface area (Å²) in [6.07, 6.45) is -1.31. The van der Waals surface area contributed by atoms with Gasteiger partial charge >= 0.3 is 0 Å². The molecular formula is C14H33N3O7. The van der Waals surface area contributed by atoms with Gasteiger partial charge in [-0.05, 0) is 25.7 Å². The Kier molecular flexibility index (Phi) is 12.8. The fraction of sp³-hybridized carbons (Fsp3) is 0.786. The maximum atomic E-state index is 11.6. The highest BCUT2D eigenvalue weighted by molar-refractivity contribution is 5.93. The van der Waals surface area contributed by atoms with E-state index in [4.69, 9.17) is 0 Å². The molecule has 0 spiro atoms. The number of hydrogen-bond acceptors (Lipinski definition) is 7. The highest BCUT2D eigenvalue weighted by Gasteiger charge is 2.62. The summed E-state index contributed by atoms with van der Waals surface area (Å²) in [6.45, 7) is 5.38. The molecule has 0 unspecified atom stereocenters. The second-order valence-corrected chi connectivity index (χ2v) is 5.15. The van der Waals surface area contributed by atoms with E-state index in [1.165, 1.54) is 27.7 Å². The summed E-state index contributed by atoms with van der Waals surface area (Å²) in [4.78, 5) is 34.7. The maximum Gasteiger partial charge on any atom is 0.125 e. The first kappa shape index (κ1) is 30.2. The molecule has 0 fully saturated rings. The van der Waals surface area contributed by atoms with E-state index in [1.807, 2.05) is 0 Å². The average molecular weight is 355 g/mol. The summed E-state index contributed by atoms with van der Waals surface area (Å²) in [5, 5.41) is 45.5. The molecule has 10 heteroatoms. The third-order valence-electron chi connectivity index (χ3n) is 4.88. The van der Waals surface area contributed by atoms with Crippen LogP contribution in [0.4, 0.5) is 0 Å². The highest BCUT2D eigenvalue weighted by atomic mass is 16.4. The van der Waals surface area contributed by atoms with Gasteiger partial charge in [0.1, 0.15) is 5.60 Å². The standard InChI is InChI=1S/C14H24O7.3H3N/c1-5-12(6-2,9(15)16)14(21,11(19)20)13(7-3,8-4)10(17)18;;;/h21H,5-8H2,1-4H3,(H,15,16)(H,17,18)(H,19,20);3*1H3. The normalized spacial score (nSPS) is 11.4. The van der Waals surface area contributed by atoms with E-state index in [1.54, 1.807) is 0 Å². The number of quaternary nitrogens is 3. The molecule has 0 aliphatic carbocycles. The molecule has 0 aromatic heterocycles. The van der Waals surface area contributed by atoms with E-state index in [-0.39, 0.29) is 44.1 Å². The van der Waals surface area contributed by atoms with E-state index in [0.29, 0.717) is 0 Å². The Morgan fingerprint density at radius 3 is 0.958 bits per heavy atom. The van der Waals surface area contributed by atoms with Crippen LogP contribution in [0, 0.1) is 10.8 Å². The zero-order valence-corrected chi connectivity index (χ0v) is 15.7. The van der Waals surface area contributed by atoms with Crippen molar-refractivity contribution in [1.82, 2.24) is 18.5 Å². The Hall–Kier alpha value is -1.75. The van der Waals surface area contributed by atoms with Crippen LogP contribution in [0.25, 0.3) is 0 Å². The molecule has 0 bridgehead atoms. The molecule has 24 heavy (non-hydrogen) atoms. The van der Waals surface area contributed by atoms with Gasteiger partial charge in [0.15, 0.2) is 0 Å². The van der Waals surface area contributed by atoms with E-state index in [2.05, 4.69) is 0 Å². The molecule has 0 rings (SSSR count). The van der Waals surface area contributed by atoms with E-state index >= 15 is 0 Å². The number of rotatable bonds is 9. The van der Waals surface area contributed by atoms with Crippen LogP contribution in [-0.4, -0.2) is 28.6 Å². The third-order valence-corrected chi connectivity index (χ3v) is 4.88. The van der Waals surface area contributed by atoms with Crippen molar-refractivity contribution in [2.45, 2.75) is 59.0 Å². The lowest BCUT2D eigenvalue weighted by atomic mass is 9.54. The van der Waals surface area contributed by atoms with Gasteiger partial charge in [-0.3, -0.25) is 0 Å². The van der Waals surface area contributed by atoms with Crippen LogP contribution in [0.2, 0.25) is 0 Å². The minimum atomic E-state index is -3.15. The van der Waals surface area contributed by atoms with E-state index < -0.39 is 34.3 Å². The van der Waals surface area contributed by atoms with Crippen molar-refractivity contribution in [2.24, 2.45) is 10.8 Å². The number of carboxylic acids is 3. The van der Waals surface area contributed by atoms with Crippen LogP contribution in [0.1, 0.15) is 53.4 Å². The summed E-state index contributed by atoms with van der Waals surface area (Å²) in [5.41, 5.74) is -7.74. The van der Waals surface area contributed by atoms with Crippen molar-refractivity contribution < 1.29 is 34.8 Å². The van der Waals surface area contributed by atoms with Gasteiger partial charge < -0.3 is 53.3 Å². The largest absolute Gasteiger partial charge is 0.549 e. The number of aliphatic carboxylic acids is 3. The maximum absolute atomic E-state index is 11.6. The molecule has 0 atom stereocenters. The van der Waals surface area contributed by atoms with Crippen molar-refractivity contribution in [3.05, 3.63) is 0 Å². The molecular weight excluding hydrogens is 322 g/mol. The lowest BCUT2D eigenvalue weighted by Gasteiger charge is -2.58. The first-order valence-corrected chi connectivity index (χ1v) is 6.94. The van der Waals surface area contributed by atoms with Gasteiger partial charge in [-0.1, -0.05) is 27.7 Å². The van der Waals surface area contributed by atoms with Crippen LogP contribution < -0.4 is 33.8 Å². The molecule has 0 saturated heterocycles. The van der Waals surface area contributed by atoms with Gasteiger partial charge in [-0.2, -0.15) is 0 Å². The van der Waals surface area contributed by atoms with Crippen LogP contribution in [0.3, 0.4) is 0 Å². The SMILES string of the molecule is CCC(CC)(C(=O)[O-])C(O)(C(=O)[O-])C(CC)(CC)C(=O)[O-].[NH4+].[NH4+].[NH4+]. The molecule has 0 amide bonds. The molecule has 10 nitrogen and oxygen atoms in total. The second kappa shape index (κ2) is 10.2. The van der Waals surface area contributed by atoms with Crippen molar-refractivity contribution in [1.29, 1.82) is 0 Å². The molecule has 0 saturated carbocycles. The molecule has 146 valence electrons. The Balaban J connectivity index is -0.000000667. The zero-order chi connectivity index (χ0) is 17.1. The summed E-state index contributed by atoms with van der Waals surface area (Å²) < 4.78 is 0. The van der Waals surface area contributed by atoms with E-state index in [0.717, 1.165) is 0 Å². The van der Waals surface area contributed by atoms with Gasteiger partial charge in [0.2, 0.25) is 0 Å². The lowest BCUT2D eigenvalue weighted by molar-refractivity contribution is -0.374. The van der Waals surface area contributed by atoms with E-state index in [9.17, 15) is 34.8 Å². The Morgan fingerprint density at radius 1 is 0.667 bits per heavy atom. The van der Waals surface area contributed by atoms with Crippen molar-refractivity contribution in [3.63, 3.8) is 0 Å². The molecule has 0 aliphatic heterocycles. The Morgan fingerprint density at radius 2 is 0.875 bits per heavy atom. The van der Waals surface area contributed by atoms with Crippen LogP contribution in [0.5, 0.6) is 0 Å².